The van der Waals surface area contributed by atoms with Gasteiger partial charge in [-0.1, -0.05) is 6.07 Å². The van der Waals surface area contributed by atoms with E-state index in [0.717, 1.165) is 5.56 Å². The van der Waals surface area contributed by atoms with Crippen molar-refractivity contribution >= 4 is 0 Å². The Morgan fingerprint density at radius 2 is 1.89 bits per heavy atom. The van der Waals surface area contributed by atoms with Gasteiger partial charge in [-0.3, -0.25) is 4.98 Å². The first kappa shape index (κ1) is 13.2. The summed E-state index contributed by atoms with van der Waals surface area (Å²) in [6.45, 7) is 0. The smallest absolute Gasteiger partial charge is 0.238 e. The third kappa shape index (κ3) is 3.17. The Hall–Kier alpha value is -2.21. The van der Waals surface area contributed by atoms with Gasteiger partial charge in [0, 0.05) is 31.1 Å². The molecule has 2 rings (SSSR count). The molecule has 0 spiro atoms. The molecule has 1 N–H and O–H groups in total. The molecule has 0 saturated carbocycles. The molecular formula is C13H15N3O3. The van der Waals surface area contributed by atoms with Crippen LogP contribution in [0.2, 0.25) is 0 Å². The largest absolute Gasteiger partial charge is 0.481 e. The van der Waals surface area contributed by atoms with Crippen molar-refractivity contribution in [3.63, 3.8) is 0 Å². The van der Waals surface area contributed by atoms with Crippen LogP contribution in [0.15, 0.2) is 30.7 Å². The van der Waals surface area contributed by atoms with Gasteiger partial charge in [-0.2, -0.15) is 0 Å². The number of pyridine rings is 1. The SMILES string of the molecule is COc1ccc(CC(O)c2nccnc2OC)cn1. The van der Waals surface area contributed by atoms with E-state index in [1.165, 1.54) is 19.5 Å². The number of aliphatic hydroxyl groups is 1. The first-order valence-electron chi connectivity index (χ1n) is 5.76. The first-order valence-corrected chi connectivity index (χ1v) is 5.76. The van der Waals surface area contributed by atoms with Crippen molar-refractivity contribution in [1.29, 1.82) is 0 Å². The Balaban J connectivity index is 2.13. The summed E-state index contributed by atoms with van der Waals surface area (Å²) in [6.07, 6.45) is 4.28. The second kappa shape index (κ2) is 6.10. The van der Waals surface area contributed by atoms with E-state index in [0.29, 0.717) is 23.9 Å². The van der Waals surface area contributed by atoms with Crippen LogP contribution in [-0.2, 0) is 6.42 Å². The van der Waals surface area contributed by atoms with Crippen molar-refractivity contribution in [2.24, 2.45) is 0 Å². The van der Waals surface area contributed by atoms with Crippen molar-refractivity contribution in [3.05, 3.63) is 42.0 Å². The Morgan fingerprint density at radius 1 is 1.11 bits per heavy atom. The summed E-state index contributed by atoms with van der Waals surface area (Å²) in [6, 6.07) is 3.59. The summed E-state index contributed by atoms with van der Waals surface area (Å²) in [4.78, 5) is 12.2. The molecule has 6 heteroatoms. The first-order chi connectivity index (χ1) is 9.24. The average Bonchev–Trinajstić information content (AvgIpc) is 2.48. The van der Waals surface area contributed by atoms with Crippen molar-refractivity contribution in [2.75, 3.05) is 14.2 Å². The van der Waals surface area contributed by atoms with Crippen molar-refractivity contribution in [2.45, 2.75) is 12.5 Å². The molecule has 6 nitrogen and oxygen atoms in total. The fourth-order valence-corrected chi connectivity index (χ4v) is 1.69. The van der Waals surface area contributed by atoms with Gasteiger partial charge in [-0.15, -0.1) is 0 Å². The highest BCUT2D eigenvalue weighted by Gasteiger charge is 2.16. The van der Waals surface area contributed by atoms with Crippen LogP contribution in [0.25, 0.3) is 0 Å². The molecule has 0 aliphatic carbocycles. The van der Waals surface area contributed by atoms with Crippen LogP contribution >= 0.6 is 0 Å². The summed E-state index contributed by atoms with van der Waals surface area (Å²) in [5.41, 5.74) is 1.29. The molecule has 0 saturated heterocycles. The zero-order chi connectivity index (χ0) is 13.7. The summed E-state index contributed by atoms with van der Waals surface area (Å²) >= 11 is 0. The highest BCUT2D eigenvalue weighted by atomic mass is 16.5. The highest BCUT2D eigenvalue weighted by Crippen LogP contribution is 2.23. The minimum atomic E-state index is -0.793. The van der Waals surface area contributed by atoms with E-state index >= 15 is 0 Å². The average molecular weight is 261 g/mol. The van der Waals surface area contributed by atoms with E-state index in [4.69, 9.17) is 9.47 Å². The van der Waals surface area contributed by atoms with Crippen LogP contribution in [0.5, 0.6) is 11.8 Å². The summed E-state index contributed by atoms with van der Waals surface area (Å²) in [5, 5.41) is 10.2. The Morgan fingerprint density at radius 3 is 2.53 bits per heavy atom. The van der Waals surface area contributed by atoms with E-state index in [9.17, 15) is 5.11 Å². The molecule has 0 radical (unpaired) electrons. The third-order valence-corrected chi connectivity index (χ3v) is 2.64. The standard InChI is InChI=1S/C13H15N3O3/c1-18-11-4-3-9(8-16-11)7-10(17)12-13(19-2)15-6-5-14-12/h3-6,8,10,17H,7H2,1-2H3. The van der Waals surface area contributed by atoms with Crippen molar-refractivity contribution < 1.29 is 14.6 Å². The van der Waals surface area contributed by atoms with Gasteiger partial charge in [0.05, 0.1) is 14.2 Å². The number of ether oxygens (including phenoxy) is 2. The molecular weight excluding hydrogens is 246 g/mol. The lowest BCUT2D eigenvalue weighted by Crippen LogP contribution is -2.07. The molecule has 100 valence electrons. The van der Waals surface area contributed by atoms with Gasteiger partial charge in [-0.25, -0.2) is 9.97 Å². The molecule has 2 heterocycles. The van der Waals surface area contributed by atoms with E-state index in [1.54, 1.807) is 19.4 Å². The lowest BCUT2D eigenvalue weighted by atomic mass is 10.1. The van der Waals surface area contributed by atoms with Gasteiger partial charge in [-0.05, 0) is 5.56 Å². The predicted molar refractivity (Wildman–Crippen MR) is 68.0 cm³/mol. The minimum absolute atomic E-state index is 0.330. The number of methoxy groups -OCH3 is 2. The van der Waals surface area contributed by atoms with Crippen molar-refractivity contribution in [1.82, 2.24) is 15.0 Å². The van der Waals surface area contributed by atoms with Crippen molar-refractivity contribution in [3.8, 4) is 11.8 Å². The number of nitrogens with zero attached hydrogens (tertiary/aromatic N) is 3. The van der Waals surface area contributed by atoms with Gasteiger partial charge in [0.25, 0.3) is 0 Å². The summed E-state index contributed by atoms with van der Waals surface area (Å²) in [5.74, 6) is 0.867. The zero-order valence-corrected chi connectivity index (χ0v) is 10.8. The molecule has 0 fully saturated rings. The molecule has 2 aromatic rings. The second-order valence-electron chi connectivity index (χ2n) is 3.88. The molecule has 0 aromatic carbocycles. The van der Waals surface area contributed by atoms with Crippen LogP contribution < -0.4 is 9.47 Å². The summed E-state index contributed by atoms with van der Waals surface area (Å²) < 4.78 is 10.1. The fourth-order valence-electron chi connectivity index (χ4n) is 1.69. The number of rotatable bonds is 5. The van der Waals surface area contributed by atoms with E-state index in [-0.39, 0.29) is 0 Å². The number of aliphatic hydroxyl groups excluding tert-OH is 1. The maximum atomic E-state index is 10.2. The molecule has 19 heavy (non-hydrogen) atoms. The number of hydrogen-bond acceptors (Lipinski definition) is 6. The number of aromatic nitrogens is 3. The topological polar surface area (TPSA) is 77.4 Å². The summed E-state index contributed by atoms with van der Waals surface area (Å²) in [7, 11) is 3.05. The quantitative estimate of drug-likeness (QED) is 0.870. The maximum Gasteiger partial charge on any atom is 0.238 e. The van der Waals surface area contributed by atoms with E-state index in [2.05, 4.69) is 15.0 Å². The van der Waals surface area contributed by atoms with Gasteiger partial charge in [0.2, 0.25) is 11.8 Å². The van der Waals surface area contributed by atoms with Gasteiger partial charge >= 0.3 is 0 Å². The fraction of sp³-hybridized carbons (Fsp3) is 0.308. The normalized spacial score (nSPS) is 11.9. The maximum absolute atomic E-state index is 10.2. The molecule has 0 bridgehead atoms. The molecule has 2 aromatic heterocycles. The molecule has 0 amide bonds. The monoisotopic (exact) mass is 261 g/mol. The minimum Gasteiger partial charge on any atom is -0.481 e. The van der Waals surface area contributed by atoms with Crippen LogP contribution in [0.4, 0.5) is 0 Å². The van der Waals surface area contributed by atoms with E-state index < -0.39 is 6.10 Å². The van der Waals surface area contributed by atoms with E-state index in [1.807, 2.05) is 6.07 Å². The van der Waals surface area contributed by atoms with Crippen LogP contribution in [-0.4, -0.2) is 34.3 Å². The number of hydrogen-bond donors (Lipinski definition) is 1. The second-order valence-corrected chi connectivity index (χ2v) is 3.88. The van der Waals surface area contributed by atoms with Crippen LogP contribution in [0.1, 0.15) is 17.4 Å². The highest BCUT2D eigenvalue weighted by molar-refractivity contribution is 5.24. The van der Waals surface area contributed by atoms with Crippen LogP contribution in [0.3, 0.4) is 0 Å². The zero-order valence-electron chi connectivity index (χ0n) is 10.8. The lowest BCUT2D eigenvalue weighted by molar-refractivity contribution is 0.167. The Bertz CT molecular complexity index is 531. The van der Waals surface area contributed by atoms with Gasteiger partial charge in [0.15, 0.2) is 0 Å². The Labute approximate surface area is 111 Å². The third-order valence-electron chi connectivity index (χ3n) is 2.64. The lowest BCUT2D eigenvalue weighted by Gasteiger charge is -2.12. The molecule has 0 aliphatic rings. The molecule has 1 unspecified atom stereocenters. The molecule has 1 atom stereocenters. The van der Waals surface area contributed by atoms with Crippen LogP contribution in [0, 0.1) is 0 Å². The Kier molecular flexibility index (Phi) is 4.25. The predicted octanol–water partition coefficient (Wildman–Crippen LogP) is 1.16. The van der Waals surface area contributed by atoms with Gasteiger partial charge < -0.3 is 14.6 Å². The van der Waals surface area contributed by atoms with Gasteiger partial charge in [0.1, 0.15) is 11.8 Å². The molecule has 0 aliphatic heterocycles.